The number of thiazole rings is 1. The largest absolute Gasteiger partial charge is 0.490 e. The molecular weight excluding hydrogens is 414 g/mol. The quantitative estimate of drug-likeness (QED) is 0.265. The topological polar surface area (TPSA) is 82.0 Å². The fraction of sp³-hybridized carbons (Fsp3) is 0.261. The number of hydrogen-bond acceptors (Lipinski definition) is 8. The Balaban J connectivity index is 1.78. The first kappa shape index (κ1) is 22.3. The Morgan fingerprint density at radius 1 is 1.13 bits per heavy atom. The smallest absolute Gasteiger partial charge is 0.350 e. The number of anilines is 1. The van der Waals surface area contributed by atoms with Gasteiger partial charge in [0.25, 0.3) is 0 Å². The molecule has 0 fully saturated rings. The first-order valence-electron chi connectivity index (χ1n) is 9.99. The van der Waals surface area contributed by atoms with Crippen LogP contribution in [0.4, 0.5) is 5.13 Å². The molecule has 0 saturated carbocycles. The molecule has 8 heteroatoms. The molecule has 0 saturated heterocycles. The maximum Gasteiger partial charge on any atom is 0.350 e. The predicted molar refractivity (Wildman–Crippen MR) is 124 cm³/mol. The van der Waals surface area contributed by atoms with E-state index in [2.05, 4.69) is 22.4 Å². The SMILES string of the molecule is CCCOc1ccc(/C=N\Nc2nc(-c3ccccc3)c(C(=O)OC)s2)cc1OCC. The molecule has 0 radical (unpaired) electrons. The Morgan fingerprint density at radius 3 is 2.65 bits per heavy atom. The number of rotatable bonds is 10. The molecule has 0 atom stereocenters. The number of carbonyl (C=O) groups excluding carboxylic acids is 1. The van der Waals surface area contributed by atoms with Gasteiger partial charge in [0.2, 0.25) is 5.13 Å². The number of nitrogens with one attached hydrogen (secondary N) is 1. The number of hydrazone groups is 1. The summed E-state index contributed by atoms with van der Waals surface area (Å²) in [6, 6.07) is 15.1. The lowest BCUT2D eigenvalue weighted by atomic mass is 10.1. The molecule has 3 aromatic rings. The van der Waals surface area contributed by atoms with Crippen LogP contribution in [-0.4, -0.2) is 37.5 Å². The van der Waals surface area contributed by atoms with E-state index in [1.165, 1.54) is 18.4 Å². The molecule has 0 aliphatic carbocycles. The van der Waals surface area contributed by atoms with Crippen LogP contribution < -0.4 is 14.9 Å². The van der Waals surface area contributed by atoms with Crippen LogP contribution in [0, 0.1) is 0 Å². The Hall–Kier alpha value is -3.39. The van der Waals surface area contributed by atoms with Gasteiger partial charge in [-0.2, -0.15) is 5.10 Å². The minimum Gasteiger partial charge on any atom is -0.490 e. The second kappa shape index (κ2) is 11.1. The molecule has 162 valence electrons. The monoisotopic (exact) mass is 439 g/mol. The van der Waals surface area contributed by atoms with Crippen LogP contribution in [0.2, 0.25) is 0 Å². The number of hydrogen-bond donors (Lipinski definition) is 1. The van der Waals surface area contributed by atoms with Gasteiger partial charge in [0.15, 0.2) is 11.5 Å². The molecule has 7 nitrogen and oxygen atoms in total. The maximum absolute atomic E-state index is 12.2. The van der Waals surface area contributed by atoms with E-state index >= 15 is 0 Å². The Morgan fingerprint density at radius 2 is 1.94 bits per heavy atom. The fourth-order valence-corrected chi connectivity index (χ4v) is 3.61. The zero-order valence-corrected chi connectivity index (χ0v) is 18.6. The molecule has 0 spiro atoms. The lowest BCUT2D eigenvalue weighted by Gasteiger charge is -2.11. The second-order valence-corrected chi connectivity index (χ2v) is 7.41. The third-order valence-corrected chi connectivity index (χ3v) is 5.09. The number of methoxy groups -OCH3 is 1. The van der Waals surface area contributed by atoms with Crippen molar-refractivity contribution in [2.75, 3.05) is 25.7 Å². The zero-order chi connectivity index (χ0) is 22.1. The summed E-state index contributed by atoms with van der Waals surface area (Å²) in [5.74, 6) is 0.954. The molecule has 1 aromatic heterocycles. The number of esters is 1. The van der Waals surface area contributed by atoms with Crippen molar-refractivity contribution in [1.82, 2.24) is 4.98 Å². The predicted octanol–water partition coefficient (Wildman–Crippen LogP) is 5.23. The molecular formula is C23H25N3O4S. The summed E-state index contributed by atoms with van der Waals surface area (Å²) in [6.45, 7) is 5.16. The van der Waals surface area contributed by atoms with Gasteiger partial charge in [0.05, 0.1) is 32.2 Å². The fourth-order valence-electron chi connectivity index (χ4n) is 2.76. The Labute approximate surface area is 185 Å². The van der Waals surface area contributed by atoms with Crippen LogP contribution in [0.5, 0.6) is 11.5 Å². The maximum atomic E-state index is 12.2. The van der Waals surface area contributed by atoms with Crippen molar-refractivity contribution in [1.29, 1.82) is 0 Å². The number of carbonyl (C=O) groups is 1. The normalized spacial score (nSPS) is 10.8. The van der Waals surface area contributed by atoms with Gasteiger partial charge in [0.1, 0.15) is 4.88 Å². The van der Waals surface area contributed by atoms with Crippen molar-refractivity contribution in [2.24, 2.45) is 5.10 Å². The van der Waals surface area contributed by atoms with E-state index in [1.54, 1.807) is 6.21 Å². The highest BCUT2D eigenvalue weighted by Crippen LogP contribution is 2.32. The van der Waals surface area contributed by atoms with Gasteiger partial charge >= 0.3 is 5.97 Å². The van der Waals surface area contributed by atoms with E-state index in [1.807, 2.05) is 55.5 Å². The molecule has 0 aliphatic heterocycles. The summed E-state index contributed by atoms with van der Waals surface area (Å²) in [5, 5.41) is 4.75. The summed E-state index contributed by atoms with van der Waals surface area (Å²) in [7, 11) is 1.35. The molecule has 31 heavy (non-hydrogen) atoms. The molecule has 1 heterocycles. The highest BCUT2D eigenvalue weighted by atomic mass is 32.1. The molecule has 2 aromatic carbocycles. The van der Waals surface area contributed by atoms with Crippen LogP contribution in [0.1, 0.15) is 35.5 Å². The van der Waals surface area contributed by atoms with Gasteiger partial charge in [-0.25, -0.2) is 9.78 Å². The summed E-state index contributed by atoms with van der Waals surface area (Å²) in [5.41, 5.74) is 5.14. The van der Waals surface area contributed by atoms with Crippen molar-refractivity contribution < 1.29 is 19.0 Å². The van der Waals surface area contributed by atoms with E-state index in [0.29, 0.717) is 40.4 Å². The molecule has 0 unspecified atom stereocenters. The van der Waals surface area contributed by atoms with Gasteiger partial charge in [-0.05, 0) is 37.1 Å². The molecule has 0 aliphatic rings. The van der Waals surface area contributed by atoms with Crippen LogP contribution in [0.25, 0.3) is 11.3 Å². The van der Waals surface area contributed by atoms with E-state index in [4.69, 9.17) is 14.2 Å². The van der Waals surface area contributed by atoms with Crippen molar-refractivity contribution in [2.45, 2.75) is 20.3 Å². The van der Waals surface area contributed by atoms with Crippen molar-refractivity contribution >= 4 is 28.7 Å². The molecule has 1 N–H and O–H groups in total. The second-order valence-electron chi connectivity index (χ2n) is 6.41. The summed E-state index contributed by atoms with van der Waals surface area (Å²) in [4.78, 5) is 17.1. The lowest BCUT2D eigenvalue weighted by molar-refractivity contribution is 0.0607. The standard InChI is InChI=1S/C23H25N3O4S/c1-4-13-30-18-12-11-16(14-19(18)29-5-2)15-24-26-23-25-20(17-9-7-6-8-10-17)21(31-23)22(27)28-3/h6-12,14-15H,4-5,13H2,1-3H3,(H,25,26)/b24-15-. The highest BCUT2D eigenvalue weighted by molar-refractivity contribution is 7.17. The average molecular weight is 440 g/mol. The van der Waals surface area contributed by atoms with Gasteiger partial charge in [-0.15, -0.1) is 0 Å². The number of benzene rings is 2. The van der Waals surface area contributed by atoms with Gasteiger partial charge < -0.3 is 14.2 Å². The number of nitrogens with zero attached hydrogens (tertiary/aromatic N) is 2. The summed E-state index contributed by atoms with van der Waals surface area (Å²) >= 11 is 1.19. The first-order chi connectivity index (χ1) is 15.2. The minimum atomic E-state index is -0.433. The number of ether oxygens (including phenoxy) is 3. The van der Waals surface area contributed by atoms with Crippen molar-refractivity contribution in [3.8, 4) is 22.8 Å². The van der Waals surface area contributed by atoms with E-state index in [-0.39, 0.29) is 0 Å². The van der Waals surface area contributed by atoms with Gasteiger partial charge in [-0.3, -0.25) is 5.43 Å². The van der Waals surface area contributed by atoms with Crippen LogP contribution in [-0.2, 0) is 4.74 Å². The van der Waals surface area contributed by atoms with Crippen LogP contribution in [0.3, 0.4) is 0 Å². The summed E-state index contributed by atoms with van der Waals surface area (Å²) in [6.07, 6.45) is 2.58. The van der Waals surface area contributed by atoms with E-state index < -0.39 is 5.97 Å². The first-order valence-corrected chi connectivity index (χ1v) is 10.8. The van der Waals surface area contributed by atoms with Crippen molar-refractivity contribution in [3.05, 3.63) is 59.0 Å². The van der Waals surface area contributed by atoms with Crippen LogP contribution >= 0.6 is 11.3 Å². The molecule has 3 rings (SSSR count). The third kappa shape index (κ3) is 5.82. The zero-order valence-electron chi connectivity index (χ0n) is 17.8. The highest BCUT2D eigenvalue weighted by Gasteiger charge is 2.19. The Bertz CT molecular complexity index is 1030. The molecule has 0 amide bonds. The molecule has 0 bridgehead atoms. The summed E-state index contributed by atoms with van der Waals surface area (Å²) < 4.78 is 16.3. The lowest BCUT2D eigenvalue weighted by Crippen LogP contribution is -2.00. The van der Waals surface area contributed by atoms with Gasteiger partial charge in [-0.1, -0.05) is 48.6 Å². The van der Waals surface area contributed by atoms with E-state index in [0.717, 1.165) is 17.5 Å². The Kier molecular flexibility index (Phi) is 8.00. The minimum absolute atomic E-state index is 0.419. The average Bonchev–Trinajstić information content (AvgIpc) is 3.23. The third-order valence-electron chi connectivity index (χ3n) is 4.15. The van der Waals surface area contributed by atoms with Crippen LogP contribution in [0.15, 0.2) is 53.6 Å². The van der Waals surface area contributed by atoms with E-state index in [9.17, 15) is 4.79 Å². The van der Waals surface area contributed by atoms with Gasteiger partial charge in [0, 0.05) is 5.56 Å². The van der Waals surface area contributed by atoms with Crippen molar-refractivity contribution in [3.63, 3.8) is 0 Å². The number of aromatic nitrogens is 1.